The summed E-state index contributed by atoms with van der Waals surface area (Å²) in [6.07, 6.45) is 2.13. The Labute approximate surface area is 183 Å². The summed E-state index contributed by atoms with van der Waals surface area (Å²) in [7, 11) is 1.67. The largest absolute Gasteiger partial charge is 0.497 e. The lowest BCUT2D eigenvalue weighted by Crippen LogP contribution is -2.43. The number of ether oxygens (including phenoxy) is 2. The summed E-state index contributed by atoms with van der Waals surface area (Å²) in [5.74, 6) is 0.823. The van der Waals surface area contributed by atoms with Crippen LogP contribution in [0.4, 0.5) is 0 Å². The Morgan fingerprint density at radius 3 is 2.52 bits per heavy atom. The Balaban J connectivity index is 1.39. The van der Waals surface area contributed by atoms with Crippen molar-refractivity contribution in [1.29, 1.82) is 0 Å². The van der Waals surface area contributed by atoms with Gasteiger partial charge in [0.15, 0.2) is 0 Å². The lowest BCUT2D eigenvalue weighted by Gasteiger charge is -2.35. The lowest BCUT2D eigenvalue weighted by atomic mass is 9.99. The van der Waals surface area contributed by atoms with Gasteiger partial charge < -0.3 is 14.8 Å². The van der Waals surface area contributed by atoms with Crippen LogP contribution in [0.5, 0.6) is 5.75 Å². The third kappa shape index (κ3) is 3.91. The predicted molar refractivity (Wildman–Crippen MR) is 122 cm³/mol. The summed E-state index contributed by atoms with van der Waals surface area (Å²) in [5, 5.41) is 5.56. The number of hydrogen-bond acceptors (Lipinski definition) is 4. The van der Waals surface area contributed by atoms with Gasteiger partial charge in [-0.05, 0) is 58.5 Å². The monoisotopic (exact) mass is 416 g/mol. The van der Waals surface area contributed by atoms with Gasteiger partial charge in [0, 0.05) is 25.2 Å². The van der Waals surface area contributed by atoms with Gasteiger partial charge in [0.1, 0.15) is 5.75 Å². The number of methoxy groups -OCH3 is 1. The van der Waals surface area contributed by atoms with Gasteiger partial charge in [0.2, 0.25) is 0 Å². The van der Waals surface area contributed by atoms with Crippen molar-refractivity contribution in [3.8, 4) is 5.75 Å². The highest BCUT2D eigenvalue weighted by Crippen LogP contribution is 2.33. The summed E-state index contributed by atoms with van der Waals surface area (Å²) < 4.78 is 10.9. The van der Waals surface area contributed by atoms with E-state index in [-0.39, 0.29) is 11.9 Å². The van der Waals surface area contributed by atoms with Crippen molar-refractivity contribution >= 4 is 16.7 Å². The molecule has 31 heavy (non-hydrogen) atoms. The second-order valence-electron chi connectivity index (χ2n) is 8.26. The molecule has 1 aliphatic carbocycles. The molecule has 0 radical (unpaired) electrons. The zero-order valence-corrected chi connectivity index (χ0v) is 17.9. The SMILES string of the molecule is COc1ccc([C@@H](CNC(=O)c2ccc3c4c(cccc24)CC3)N2CCOCC2)cc1. The van der Waals surface area contributed by atoms with Crippen molar-refractivity contribution in [2.75, 3.05) is 40.0 Å². The molecule has 1 aliphatic heterocycles. The van der Waals surface area contributed by atoms with Crippen molar-refractivity contribution in [3.63, 3.8) is 0 Å². The summed E-state index contributed by atoms with van der Waals surface area (Å²) in [6.45, 7) is 3.69. The molecule has 3 aromatic rings. The Morgan fingerprint density at radius 1 is 1.03 bits per heavy atom. The minimum atomic E-state index is -0.0117. The number of carbonyl (C=O) groups excluding carboxylic acids is 1. The van der Waals surface area contributed by atoms with E-state index < -0.39 is 0 Å². The molecule has 0 aromatic heterocycles. The Kier molecular flexibility index (Phi) is 5.62. The standard InChI is InChI=1S/C26H28N2O3/c1-30-21-10-7-18(8-11-21)24(28-13-15-31-16-14-28)17-27-26(29)23-12-9-20-6-5-19-3-2-4-22(23)25(19)20/h2-4,7-12,24H,5-6,13-17H2,1H3,(H,27,29)/t24-/m1/s1. The molecule has 1 heterocycles. The maximum absolute atomic E-state index is 13.2. The average Bonchev–Trinajstić information content (AvgIpc) is 3.25. The second-order valence-corrected chi connectivity index (χ2v) is 8.26. The van der Waals surface area contributed by atoms with E-state index in [9.17, 15) is 4.79 Å². The molecule has 2 aliphatic rings. The van der Waals surface area contributed by atoms with E-state index in [2.05, 4.69) is 46.6 Å². The maximum Gasteiger partial charge on any atom is 0.251 e. The first kappa shape index (κ1) is 20.0. The second kappa shape index (κ2) is 8.69. The summed E-state index contributed by atoms with van der Waals surface area (Å²) in [4.78, 5) is 15.6. The van der Waals surface area contributed by atoms with Crippen molar-refractivity contribution in [2.24, 2.45) is 0 Å². The molecule has 5 rings (SSSR count). The Bertz CT molecular complexity index is 1080. The van der Waals surface area contributed by atoms with E-state index in [1.54, 1.807) is 7.11 Å². The Morgan fingerprint density at radius 2 is 1.77 bits per heavy atom. The van der Waals surface area contributed by atoms with Crippen molar-refractivity contribution in [2.45, 2.75) is 18.9 Å². The van der Waals surface area contributed by atoms with Crippen molar-refractivity contribution in [1.82, 2.24) is 10.2 Å². The third-order valence-electron chi connectivity index (χ3n) is 6.56. The number of nitrogens with zero attached hydrogens (tertiary/aromatic N) is 1. The van der Waals surface area contributed by atoms with Gasteiger partial charge in [-0.1, -0.05) is 36.4 Å². The molecule has 1 fully saturated rings. The number of nitrogens with one attached hydrogen (secondary N) is 1. The van der Waals surface area contributed by atoms with E-state index in [1.807, 2.05) is 18.2 Å². The van der Waals surface area contributed by atoms with Crippen LogP contribution in [0.15, 0.2) is 54.6 Å². The maximum atomic E-state index is 13.2. The molecule has 160 valence electrons. The van der Waals surface area contributed by atoms with Crippen LogP contribution in [0.1, 0.15) is 33.1 Å². The van der Waals surface area contributed by atoms with E-state index in [4.69, 9.17) is 9.47 Å². The molecule has 1 N–H and O–H groups in total. The number of hydrogen-bond donors (Lipinski definition) is 1. The first-order valence-electron chi connectivity index (χ1n) is 11.0. The first-order chi connectivity index (χ1) is 15.2. The summed E-state index contributed by atoms with van der Waals surface area (Å²) >= 11 is 0. The Hall–Kier alpha value is -2.89. The fraction of sp³-hybridized carbons (Fsp3) is 0.346. The third-order valence-corrected chi connectivity index (χ3v) is 6.56. The molecular weight excluding hydrogens is 388 g/mol. The van der Waals surface area contributed by atoms with Crippen LogP contribution < -0.4 is 10.1 Å². The fourth-order valence-electron chi connectivity index (χ4n) is 4.90. The highest BCUT2D eigenvalue weighted by atomic mass is 16.5. The minimum Gasteiger partial charge on any atom is -0.497 e. The molecule has 0 bridgehead atoms. The molecule has 1 amide bonds. The lowest BCUT2D eigenvalue weighted by molar-refractivity contribution is 0.0162. The number of benzene rings is 3. The molecule has 0 unspecified atom stereocenters. The molecular formula is C26H28N2O3. The van der Waals surface area contributed by atoms with Crippen LogP contribution >= 0.6 is 0 Å². The smallest absolute Gasteiger partial charge is 0.251 e. The number of rotatable bonds is 6. The van der Waals surface area contributed by atoms with Gasteiger partial charge in [0.05, 0.1) is 26.4 Å². The number of carbonyl (C=O) groups is 1. The van der Waals surface area contributed by atoms with Crippen LogP contribution in [0.25, 0.3) is 10.8 Å². The number of amides is 1. The zero-order valence-electron chi connectivity index (χ0n) is 17.9. The van der Waals surface area contributed by atoms with Crippen LogP contribution in [0, 0.1) is 0 Å². The molecule has 1 atom stereocenters. The van der Waals surface area contributed by atoms with E-state index >= 15 is 0 Å². The van der Waals surface area contributed by atoms with Gasteiger partial charge >= 0.3 is 0 Å². The van der Waals surface area contributed by atoms with Gasteiger partial charge in [-0.25, -0.2) is 0 Å². The topological polar surface area (TPSA) is 50.8 Å². The highest BCUT2D eigenvalue weighted by molar-refractivity contribution is 6.09. The van der Waals surface area contributed by atoms with E-state index in [0.29, 0.717) is 6.54 Å². The summed E-state index contributed by atoms with van der Waals surface area (Å²) in [5.41, 5.74) is 4.64. The van der Waals surface area contributed by atoms with Crippen molar-refractivity contribution in [3.05, 3.63) is 76.9 Å². The quantitative estimate of drug-likeness (QED) is 0.665. The number of morpholine rings is 1. The molecule has 1 saturated heterocycles. The van der Waals surface area contributed by atoms with Gasteiger partial charge in [-0.2, -0.15) is 0 Å². The fourth-order valence-corrected chi connectivity index (χ4v) is 4.90. The van der Waals surface area contributed by atoms with Gasteiger partial charge in [-0.3, -0.25) is 9.69 Å². The molecule has 0 spiro atoms. The zero-order chi connectivity index (χ0) is 21.2. The van der Waals surface area contributed by atoms with Gasteiger partial charge in [0.25, 0.3) is 5.91 Å². The molecule has 0 saturated carbocycles. The minimum absolute atomic E-state index is 0.0117. The summed E-state index contributed by atoms with van der Waals surface area (Å²) in [6, 6.07) is 18.7. The van der Waals surface area contributed by atoms with Crippen LogP contribution in [0.2, 0.25) is 0 Å². The highest BCUT2D eigenvalue weighted by Gasteiger charge is 2.24. The van der Waals surface area contributed by atoms with Crippen LogP contribution in [-0.4, -0.2) is 50.8 Å². The van der Waals surface area contributed by atoms with Gasteiger partial charge in [-0.15, -0.1) is 0 Å². The average molecular weight is 417 g/mol. The van der Waals surface area contributed by atoms with Crippen LogP contribution in [-0.2, 0) is 17.6 Å². The molecule has 3 aromatic carbocycles. The molecule has 5 heteroatoms. The van der Waals surface area contributed by atoms with Crippen molar-refractivity contribution < 1.29 is 14.3 Å². The van der Waals surface area contributed by atoms with E-state index in [0.717, 1.165) is 55.8 Å². The predicted octanol–water partition coefficient (Wildman–Crippen LogP) is 3.75. The first-order valence-corrected chi connectivity index (χ1v) is 11.0. The molecule has 5 nitrogen and oxygen atoms in total. The van der Waals surface area contributed by atoms with Crippen LogP contribution in [0.3, 0.4) is 0 Å². The normalized spacial score (nSPS) is 16.9. The van der Waals surface area contributed by atoms with E-state index in [1.165, 1.54) is 22.1 Å². The number of aryl methyl sites for hydroxylation is 2.